The van der Waals surface area contributed by atoms with E-state index in [9.17, 15) is 0 Å². The first-order valence-electron chi connectivity index (χ1n) is 7.85. The van der Waals surface area contributed by atoms with E-state index in [4.69, 9.17) is 10.5 Å². The quantitative estimate of drug-likeness (QED) is 0.938. The Kier molecular flexibility index (Phi) is 4.54. The number of nitrogens with two attached hydrogens (primary N) is 1. The Morgan fingerprint density at radius 2 is 2.05 bits per heavy atom. The molecule has 0 amide bonds. The summed E-state index contributed by atoms with van der Waals surface area (Å²) >= 11 is 0. The third-order valence-electron chi connectivity index (χ3n) is 4.36. The summed E-state index contributed by atoms with van der Waals surface area (Å²) < 4.78 is 5.73. The van der Waals surface area contributed by atoms with Gasteiger partial charge in [-0.15, -0.1) is 0 Å². The Balaban J connectivity index is 1.76. The van der Waals surface area contributed by atoms with Gasteiger partial charge in [-0.25, -0.2) is 0 Å². The average molecular weight is 284 g/mol. The topological polar surface area (TPSA) is 38.5 Å². The maximum Gasteiger partial charge on any atom is 0.0700 e. The summed E-state index contributed by atoms with van der Waals surface area (Å²) in [4.78, 5) is 2.43. The predicted octanol–water partition coefficient (Wildman–Crippen LogP) is 2.95. The molecule has 0 bridgehead atoms. The molecular weight excluding hydrogens is 260 g/mol. The number of fused-ring (bicyclic) bond motifs is 1. The summed E-state index contributed by atoms with van der Waals surface area (Å²) in [6.07, 6.45) is 1.43. The van der Waals surface area contributed by atoms with Gasteiger partial charge in [0.1, 0.15) is 0 Å². The molecule has 2 unspecified atom stereocenters. The Hall–Kier alpha value is -1.42. The molecule has 1 aliphatic heterocycles. The highest BCUT2D eigenvalue weighted by Crippen LogP contribution is 2.24. The van der Waals surface area contributed by atoms with Crippen LogP contribution in [0.4, 0.5) is 0 Å². The van der Waals surface area contributed by atoms with Gasteiger partial charge < -0.3 is 10.5 Å². The lowest BCUT2D eigenvalue weighted by molar-refractivity contribution is -0.0311. The van der Waals surface area contributed by atoms with Crippen molar-refractivity contribution in [1.29, 1.82) is 0 Å². The van der Waals surface area contributed by atoms with E-state index in [1.807, 2.05) is 0 Å². The van der Waals surface area contributed by atoms with Crippen LogP contribution in [0.5, 0.6) is 0 Å². The summed E-state index contributed by atoms with van der Waals surface area (Å²) in [5.41, 5.74) is 7.74. The second-order valence-electron chi connectivity index (χ2n) is 5.84. The molecular formula is C18H24N2O. The van der Waals surface area contributed by atoms with E-state index in [1.54, 1.807) is 0 Å². The van der Waals surface area contributed by atoms with Gasteiger partial charge in [0.2, 0.25) is 0 Å². The summed E-state index contributed by atoms with van der Waals surface area (Å²) in [6, 6.07) is 14.9. The molecule has 2 N–H and O–H groups in total. The van der Waals surface area contributed by atoms with Crippen LogP contribution in [0, 0.1) is 0 Å². The molecule has 0 saturated carbocycles. The maximum atomic E-state index is 6.50. The highest BCUT2D eigenvalue weighted by atomic mass is 16.5. The zero-order valence-corrected chi connectivity index (χ0v) is 12.7. The van der Waals surface area contributed by atoms with Gasteiger partial charge in [0.15, 0.2) is 0 Å². The first kappa shape index (κ1) is 14.5. The lowest BCUT2D eigenvalue weighted by Crippen LogP contribution is -2.44. The summed E-state index contributed by atoms with van der Waals surface area (Å²) in [5.74, 6) is 0. The van der Waals surface area contributed by atoms with Crippen LogP contribution in [0.1, 0.15) is 24.9 Å². The van der Waals surface area contributed by atoms with Gasteiger partial charge in [-0.05, 0) is 22.8 Å². The van der Waals surface area contributed by atoms with Crippen molar-refractivity contribution in [2.45, 2.75) is 25.5 Å². The molecule has 3 rings (SSSR count). The van der Waals surface area contributed by atoms with Crippen molar-refractivity contribution in [1.82, 2.24) is 4.90 Å². The van der Waals surface area contributed by atoms with Crippen molar-refractivity contribution in [3.63, 3.8) is 0 Å². The average Bonchev–Trinajstić information content (AvgIpc) is 2.54. The number of rotatable bonds is 4. The summed E-state index contributed by atoms with van der Waals surface area (Å²) in [7, 11) is 0. The third kappa shape index (κ3) is 3.26. The van der Waals surface area contributed by atoms with Crippen molar-refractivity contribution in [3.05, 3.63) is 48.0 Å². The molecule has 0 aromatic heterocycles. The number of nitrogens with zero attached hydrogens (tertiary/aromatic N) is 1. The minimum Gasteiger partial charge on any atom is -0.376 e. The van der Waals surface area contributed by atoms with Gasteiger partial charge in [-0.3, -0.25) is 4.90 Å². The normalized spacial score (nSPS) is 21.5. The molecule has 0 spiro atoms. The van der Waals surface area contributed by atoms with Gasteiger partial charge >= 0.3 is 0 Å². The summed E-state index contributed by atoms with van der Waals surface area (Å²) in [5, 5.41) is 2.53. The molecule has 2 atom stereocenters. The molecule has 1 aliphatic rings. The fourth-order valence-electron chi connectivity index (χ4n) is 3.14. The van der Waals surface area contributed by atoms with Crippen LogP contribution >= 0.6 is 0 Å². The molecule has 112 valence electrons. The number of morpholine rings is 1. The first-order chi connectivity index (χ1) is 10.3. The molecule has 2 aromatic carbocycles. The highest BCUT2D eigenvalue weighted by molar-refractivity contribution is 5.86. The second-order valence-corrected chi connectivity index (χ2v) is 5.84. The molecule has 0 aliphatic carbocycles. The van der Waals surface area contributed by atoms with E-state index >= 15 is 0 Å². The van der Waals surface area contributed by atoms with Crippen LogP contribution in [0.25, 0.3) is 10.8 Å². The van der Waals surface area contributed by atoms with E-state index < -0.39 is 0 Å². The molecule has 3 nitrogen and oxygen atoms in total. The third-order valence-corrected chi connectivity index (χ3v) is 4.36. The molecule has 21 heavy (non-hydrogen) atoms. The van der Waals surface area contributed by atoms with E-state index in [-0.39, 0.29) is 6.04 Å². The lowest BCUT2D eigenvalue weighted by atomic mass is 9.98. The smallest absolute Gasteiger partial charge is 0.0700 e. The van der Waals surface area contributed by atoms with Crippen molar-refractivity contribution in [3.8, 4) is 0 Å². The minimum absolute atomic E-state index is 0.0479. The van der Waals surface area contributed by atoms with E-state index in [0.29, 0.717) is 6.10 Å². The zero-order chi connectivity index (χ0) is 14.7. The van der Waals surface area contributed by atoms with Crippen molar-refractivity contribution in [2.75, 3.05) is 26.2 Å². The number of benzene rings is 2. The van der Waals surface area contributed by atoms with E-state index in [0.717, 1.165) is 32.7 Å². The highest BCUT2D eigenvalue weighted by Gasteiger charge is 2.21. The van der Waals surface area contributed by atoms with Crippen LogP contribution < -0.4 is 5.73 Å². The molecule has 3 heteroatoms. The second kappa shape index (κ2) is 6.56. The van der Waals surface area contributed by atoms with Crippen LogP contribution in [0.3, 0.4) is 0 Å². The van der Waals surface area contributed by atoms with Crippen LogP contribution in [0.2, 0.25) is 0 Å². The van der Waals surface area contributed by atoms with E-state index in [2.05, 4.69) is 54.3 Å². The van der Waals surface area contributed by atoms with E-state index in [1.165, 1.54) is 16.3 Å². The molecule has 1 saturated heterocycles. The fraction of sp³-hybridized carbons (Fsp3) is 0.444. The monoisotopic (exact) mass is 284 g/mol. The number of hydrogen-bond donors (Lipinski definition) is 1. The number of hydrogen-bond acceptors (Lipinski definition) is 3. The number of ether oxygens (including phenoxy) is 1. The van der Waals surface area contributed by atoms with Gasteiger partial charge in [-0.2, -0.15) is 0 Å². The Morgan fingerprint density at radius 3 is 2.90 bits per heavy atom. The molecule has 0 radical (unpaired) electrons. The van der Waals surface area contributed by atoms with Gasteiger partial charge in [0, 0.05) is 25.7 Å². The first-order valence-corrected chi connectivity index (χ1v) is 7.85. The largest absolute Gasteiger partial charge is 0.376 e. The fourth-order valence-corrected chi connectivity index (χ4v) is 3.14. The lowest BCUT2D eigenvalue weighted by Gasteiger charge is -2.34. The van der Waals surface area contributed by atoms with Crippen molar-refractivity contribution >= 4 is 10.8 Å². The molecule has 1 heterocycles. The SMILES string of the molecule is CCC1CN(CC(N)c2cccc3ccccc23)CCO1. The Morgan fingerprint density at radius 1 is 1.24 bits per heavy atom. The van der Waals surface area contributed by atoms with Crippen molar-refractivity contribution < 1.29 is 4.74 Å². The Labute approximate surface area is 126 Å². The summed E-state index contributed by atoms with van der Waals surface area (Å²) in [6.45, 7) is 5.87. The van der Waals surface area contributed by atoms with Gasteiger partial charge in [-0.1, -0.05) is 49.4 Å². The van der Waals surface area contributed by atoms with Crippen LogP contribution in [0.15, 0.2) is 42.5 Å². The van der Waals surface area contributed by atoms with Crippen LogP contribution in [-0.2, 0) is 4.74 Å². The molecule has 1 fully saturated rings. The van der Waals surface area contributed by atoms with Crippen molar-refractivity contribution in [2.24, 2.45) is 5.73 Å². The minimum atomic E-state index is 0.0479. The molecule has 2 aromatic rings. The van der Waals surface area contributed by atoms with Gasteiger partial charge in [0.25, 0.3) is 0 Å². The zero-order valence-electron chi connectivity index (χ0n) is 12.7. The maximum absolute atomic E-state index is 6.50. The Bertz CT molecular complexity index is 593. The standard InChI is InChI=1S/C18H24N2O/c1-2-15-12-20(10-11-21-15)13-18(19)17-9-5-7-14-6-3-4-8-16(14)17/h3-9,15,18H,2,10-13,19H2,1H3. The van der Waals surface area contributed by atoms with Gasteiger partial charge in [0.05, 0.1) is 12.7 Å². The predicted molar refractivity (Wildman–Crippen MR) is 87.3 cm³/mol. The van der Waals surface area contributed by atoms with Crippen LogP contribution in [-0.4, -0.2) is 37.2 Å².